The van der Waals surface area contributed by atoms with E-state index in [9.17, 15) is 9.59 Å². The molecule has 18 heavy (non-hydrogen) atoms. The summed E-state index contributed by atoms with van der Waals surface area (Å²) in [6.45, 7) is 5.79. The van der Waals surface area contributed by atoms with Gasteiger partial charge in [0.05, 0.1) is 0 Å². The number of amides is 2. The standard InChI is InChI=1S/C13H22N2O3/c1-8-5-6-15(7-9(8)2)13(18)14-11(12(16)17)10-3-4-10/h8-11H,3-7H2,1-2H3,(H,14,18)(H,16,17). The second-order valence-corrected chi connectivity index (χ2v) is 5.79. The summed E-state index contributed by atoms with van der Waals surface area (Å²) in [4.78, 5) is 24.9. The van der Waals surface area contributed by atoms with Crippen LogP contribution in [-0.2, 0) is 4.79 Å². The van der Waals surface area contributed by atoms with Crippen molar-refractivity contribution >= 4 is 12.0 Å². The number of carbonyl (C=O) groups is 2. The van der Waals surface area contributed by atoms with Crippen LogP contribution in [0.3, 0.4) is 0 Å². The van der Waals surface area contributed by atoms with Crippen molar-refractivity contribution in [3.63, 3.8) is 0 Å². The van der Waals surface area contributed by atoms with Gasteiger partial charge < -0.3 is 15.3 Å². The molecule has 5 heteroatoms. The van der Waals surface area contributed by atoms with Gasteiger partial charge in [-0.05, 0) is 37.0 Å². The minimum Gasteiger partial charge on any atom is -0.480 e. The van der Waals surface area contributed by atoms with E-state index in [1.165, 1.54) is 0 Å². The quantitative estimate of drug-likeness (QED) is 0.802. The maximum Gasteiger partial charge on any atom is 0.326 e. The van der Waals surface area contributed by atoms with Gasteiger partial charge in [-0.25, -0.2) is 9.59 Å². The third kappa shape index (κ3) is 2.94. The number of nitrogens with zero attached hydrogens (tertiary/aromatic N) is 1. The molecule has 0 spiro atoms. The molecule has 3 unspecified atom stereocenters. The van der Waals surface area contributed by atoms with Crippen LogP contribution >= 0.6 is 0 Å². The van der Waals surface area contributed by atoms with Gasteiger partial charge in [-0.15, -0.1) is 0 Å². The second kappa shape index (κ2) is 5.16. The lowest BCUT2D eigenvalue weighted by atomic mass is 9.89. The van der Waals surface area contributed by atoms with Crippen LogP contribution in [-0.4, -0.2) is 41.1 Å². The van der Waals surface area contributed by atoms with Crippen LogP contribution in [0.4, 0.5) is 4.79 Å². The van der Waals surface area contributed by atoms with Crippen LogP contribution in [0.5, 0.6) is 0 Å². The molecule has 2 amide bonds. The van der Waals surface area contributed by atoms with Gasteiger partial charge in [0.15, 0.2) is 0 Å². The Morgan fingerprint density at radius 3 is 2.39 bits per heavy atom. The van der Waals surface area contributed by atoms with Crippen molar-refractivity contribution in [1.29, 1.82) is 0 Å². The van der Waals surface area contributed by atoms with Crippen LogP contribution < -0.4 is 5.32 Å². The average molecular weight is 254 g/mol. The van der Waals surface area contributed by atoms with Gasteiger partial charge in [0.2, 0.25) is 0 Å². The normalized spacial score (nSPS) is 29.8. The summed E-state index contributed by atoms with van der Waals surface area (Å²) < 4.78 is 0. The molecule has 2 rings (SSSR count). The molecular weight excluding hydrogens is 232 g/mol. The molecule has 0 bridgehead atoms. The Hall–Kier alpha value is -1.26. The Morgan fingerprint density at radius 2 is 1.89 bits per heavy atom. The first kappa shape index (κ1) is 13.2. The summed E-state index contributed by atoms with van der Waals surface area (Å²) in [5, 5.41) is 11.8. The fourth-order valence-corrected chi connectivity index (χ4v) is 2.48. The number of piperidine rings is 1. The second-order valence-electron chi connectivity index (χ2n) is 5.79. The third-order valence-electron chi connectivity index (χ3n) is 4.26. The van der Waals surface area contributed by atoms with Crippen LogP contribution in [0.2, 0.25) is 0 Å². The highest BCUT2D eigenvalue weighted by Gasteiger charge is 2.38. The zero-order valence-corrected chi connectivity index (χ0v) is 11.1. The van der Waals surface area contributed by atoms with E-state index >= 15 is 0 Å². The van der Waals surface area contributed by atoms with Gasteiger partial charge in [0, 0.05) is 13.1 Å². The van der Waals surface area contributed by atoms with Gasteiger partial charge in [0.1, 0.15) is 6.04 Å². The molecule has 1 aliphatic carbocycles. The third-order valence-corrected chi connectivity index (χ3v) is 4.26. The Bertz CT molecular complexity index is 341. The molecule has 3 atom stereocenters. The van der Waals surface area contributed by atoms with E-state index in [2.05, 4.69) is 19.2 Å². The van der Waals surface area contributed by atoms with Crippen molar-refractivity contribution in [1.82, 2.24) is 10.2 Å². The van der Waals surface area contributed by atoms with E-state index < -0.39 is 12.0 Å². The largest absolute Gasteiger partial charge is 0.480 e. The van der Waals surface area contributed by atoms with Crippen molar-refractivity contribution in [3.05, 3.63) is 0 Å². The van der Waals surface area contributed by atoms with Crippen LogP contribution in [0.25, 0.3) is 0 Å². The molecule has 102 valence electrons. The molecular formula is C13H22N2O3. The molecule has 1 heterocycles. The minimum absolute atomic E-state index is 0.132. The number of carbonyl (C=O) groups excluding carboxylic acids is 1. The van der Waals surface area contributed by atoms with Crippen molar-refractivity contribution in [2.24, 2.45) is 17.8 Å². The van der Waals surface area contributed by atoms with Crippen LogP contribution in [0.1, 0.15) is 33.1 Å². The van der Waals surface area contributed by atoms with Crippen molar-refractivity contribution in [2.75, 3.05) is 13.1 Å². The Labute approximate surface area is 108 Å². The van der Waals surface area contributed by atoms with E-state index in [4.69, 9.17) is 5.11 Å². The lowest BCUT2D eigenvalue weighted by Gasteiger charge is -2.35. The smallest absolute Gasteiger partial charge is 0.326 e. The van der Waals surface area contributed by atoms with E-state index in [1.807, 2.05) is 0 Å². The summed E-state index contributed by atoms with van der Waals surface area (Å²) in [6, 6.07) is -0.916. The van der Waals surface area contributed by atoms with Gasteiger partial charge >= 0.3 is 12.0 Å². The lowest BCUT2D eigenvalue weighted by Crippen LogP contribution is -2.52. The Morgan fingerprint density at radius 1 is 1.22 bits per heavy atom. The average Bonchev–Trinajstić information content (AvgIpc) is 3.13. The monoisotopic (exact) mass is 254 g/mol. The number of urea groups is 1. The zero-order valence-electron chi connectivity index (χ0n) is 11.1. The number of hydrogen-bond donors (Lipinski definition) is 2. The highest BCUT2D eigenvalue weighted by molar-refractivity contribution is 5.83. The molecule has 1 saturated heterocycles. The van der Waals surface area contributed by atoms with Crippen LogP contribution in [0, 0.1) is 17.8 Å². The molecule has 5 nitrogen and oxygen atoms in total. The maximum atomic E-state index is 12.0. The molecule has 1 saturated carbocycles. The van der Waals surface area contributed by atoms with Crippen molar-refractivity contribution in [3.8, 4) is 0 Å². The summed E-state index contributed by atoms with van der Waals surface area (Å²) in [6.07, 6.45) is 2.81. The topological polar surface area (TPSA) is 69.6 Å². The highest BCUT2D eigenvalue weighted by Crippen LogP contribution is 2.33. The van der Waals surface area contributed by atoms with E-state index in [0.29, 0.717) is 11.8 Å². The summed E-state index contributed by atoms with van der Waals surface area (Å²) in [7, 11) is 0. The number of carboxylic acids is 1. The predicted octanol–water partition coefficient (Wildman–Crippen LogP) is 1.54. The van der Waals surface area contributed by atoms with E-state index in [0.717, 1.165) is 32.4 Å². The first-order chi connectivity index (χ1) is 8.49. The molecule has 0 aromatic heterocycles. The molecule has 0 aromatic carbocycles. The number of aliphatic carboxylic acids is 1. The maximum absolute atomic E-state index is 12.0. The summed E-state index contributed by atoms with van der Waals surface area (Å²) >= 11 is 0. The Kier molecular flexibility index (Phi) is 3.78. The number of rotatable bonds is 3. The predicted molar refractivity (Wildman–Crippen MR) is 67.2 cm³/mol. The molecule has 0 aromatic rings. The van der Waals surface area contributed by atoms with E-state index in [-0.39, 0.29) is 11.9 Å². The number of carboxylic acid groups (broad SMARTS) is 1. The SMILES string of the molecule is CC1CCN(C(=O)NC(C(=O)O)C2CC2)CC1C. The minimum atomic E-state index is -0.913. The van der Waals surface area contributed by atoms with Gasteiger partial charge in [0.25, 0.3) is 0 Å². The number of nitrogens with one attached hydrogen (secondary N) is 1. The summed E-state index contributed by atoms with van der Waals surface area (Å²) in [5.74, 6) is 0.332. The molecule has 1 aliphatic heterocycles. The number of likely N-dealkylation sites (tertiary alicyclic amines) is 1. The van der Waals surface area contributed by atoms with Gasteiger partial charge in [-0.1, -0.05) is 13.8 Å². The van der Waals surface area contributed by atoms with Gasteiger partial charge in [-0.2, -0.15) is 0 Å². The first-order valence-electron chi connectivity index (χ1n) is 6.77. The fourth-order valence-electron chi connectivity index (χ4n) is 2.48. The van der Waals surface area contributed by atoms with Crippen molar-refractivity contribution < 1.29 is 14.7 Å². The molecule has 2 aliphatic rings. The van der Waals surface area contributed by atoms with E-state index in [1.54, 1.807) is 4.90 Å². The van der Waals surface area contributed by atoms with Crippen LogP contribution in [0.15, 0.2) is 0 Å². The number of hydrogen-bond acceptors (Lipinski definition) is 2. The zero-order chi connectivity index (χ0) is 13.3. The van der Waals surface area contributed by atoms with Crippen molar-refractivity contribution in [2.45, 2.75) is 39.2 Å². The molecule has 2 fully saturated rings. The van der Waals surface area contributed by atoms with Gasteiger partial charge in [-0.3, -0.25) is 0 Å². The Balaban J connectivity index is 1.89. The highest BCUT2D eigenvalue weighted by atomic mass is 16.4. The first-order valence-corrected chi connectivity index (χ1v) is 6.77. The lowest BCUT2D eigenvalue weighted by molar-refractivity contribution is -0.139. The molecule has 2 N–H and O–H groups in total. The fraction of sp³-hybridized carbons (Fsp3) is 0.846. The molecule has 0 radical (unpaired) electrons. The summed E-state index contributed by atoms with van der Waals surface area (Å²) in [5.41, 5.74) is 0.